The molecule has 0 atom stereocenters. The van der Waals surface area contributed by atoms with E-state index < -0.39 is 0 Å². The molecule has 8 nitrogen and oxygen atoms in total. The summed E-state index contributed by atoms with van der Waals surface area (Å²) in [5.74, 6) is 6.09. The highest BCUT2D eigenvalue weighted by Gasteiger charge is 2.28. The lowest BCUT2D eigenvalue weighted by molar-refractivity contribution is -0.124. The molecule has 2 aromatic heterocycles. The molecule has 2 N–H and O–H groups in total. The Bertz CT molecular complexity index is 1620. The average Bonchev–Trinajstić information content (AvgIpc) is 3.50. The molecule has 2 aromatic carbocycles. The summed E-state index contributed by atoms with van der Waals surface area (Å²) in [5.41, 5.74) is 12.8. The van der Waals surface area contributed by atoms with Crippen LogP contribution in [0.4, 0.5) is 11.8 Å². The Balaban J connectivity index is 1.54. The van der Waals surface area contributed by atoms with Gasteiger partial charge in [-0.25, -0.2) is 9.97 Å². The van der Waals surface area contributed by atoms with E-state index in [1.807, 2.05) is 72.7 Å². The molecule has 3 heterocycles. The van der Waals surface area contributed by atoms with Gasteiger partial charge in [0.05, 0.1) is 6.67 Å². The molecular weight excluding hydrogens is 464 g/mol. The highest BCUT2D eigenvalue weighted by molar-refractivity contribution is 6.11. The highest BCUT2D eigenvalue weighted by Crippen LogP contribution is 2.33. The number of aromatic nitrogens is 3. The Labute approximate surface area is 215 Å². The first kappa shape index (κ1) is 24.1. The SMILES string of the molecule is CC#CC(=O)N1CCN(c2nc(-c3ccc(C(=O)c4ccc(C)cc4C)c(C)c3)c3c(N)nccn23)C1. The summed E-state index contributed by atoms with van der Waals surface area (Å²) in [6.07, 6.45) is 3.45. The minimum atomic E-state index is -0.202. The average molecular weight is 493 g/mol. The summed E-state index contributed by atoms with van der Waals surface area (Å²) in [7, 11) is 0. The number of ketones is 1. The zero-order chi connectivity index (χ0) is 26.3. The summed E-state index contributed by atoms with van der Waals surface area (Å²) < 4.78 is 1.90. The smallest absolute Gasteiger partial charge is 0.299 e. The molecule has 0 bridgehead atoms. The van der Waals surface area contributed by atoms with E-state index in [1.165, 1.54) is 0 Å². The van der Waals surface area contributed by atoms with Crippen molar-refractivity contribution in [2.24, 2.45) is 0 Å². The third-order valence-corrected chi connectivity index (χ3v) is 6.72. The lowest BCUT2D eigenvalue weighted by Gasteiger charge is -2.17. The maximum atomic E-state index is 13.3. The summed E-state index contributed by atoms with van der Waals surface area (Å²) in [6, 6.07) is 11.6. The van der Waals surface area contributed by atoms with Crippen LogP contribution in [-0.4, -0.2) is 50.7 Å². The Morgan fingerprint density at radius 3 is 2.43 bits per heavy atom. The van der Waals surface area contributed by atoms with Crippen molar-refractivity contribution in [1.29, 1.82) is 0 Å². The molecule has 0 spiro atoms. The first-order valence-corrected chi connectivity index (χ1v) is 12.1. The summed E-state index contributed by atoms with van der Waals surface area (Å²) in [5, 5.41) is 0. The standard InChI is InChI=1S/C29H28N6O2/c1-5-6-24(36)33-13-14-34(17-33)29-32-25(26-28(30)31-11-12-35(26)29)21-8-10-23(20(4)16-21)27(37)22-9-7-18(2)15-19(22)3/h7-12,15-16H,13-14,17H2,1-4H3,(H2,30,31). The summed E-state index contributed by atoms with van der Waals surface area (Å²) in [6.45, 7) is 9.13. The Morgan fingerprint density at radius 1 is 1.00 bits per heavy atom. The van der Waals surface area contributed by atoms with Crippen LogP contribution in [0, 0.1) is 32.6 Å². The second-order valence-electron chi connectivity index (χ2n) is 9.32. The molecule has 1 saturated heterocycles. The number of benzene rings is 2. The van der Waals surface area contributed by atoms with Gasteiger partial charge >= 0.3 is 0 Å². The van der Waals surface area contributed by atoms with Crippen LogP contribution in [0.1, 0.15) is 39.5 Å². The highest BCUT2D eigenvalue weighted by atomic mass is 16.2. The van der Waals surface area contributed by atoms with Crippen LogP contribution in [0.25, 0.3) is 16.8 Å². The number of hydrogen-bond donors (Lipinski definition) is 1. The first-order valence-electron chi connectivity index (χ1n) is 12.1. The fraction of sp³-hybridized carbons (Fsp3) is 0.241. The molecule has 5 rings (SSSR count). The molecule has 8 heteroatoms. The maximum absolute atomic E-state index is 13.3. The van der Waals surface area contributed by atoms with Crippen LogP contribution in [0.3, 0.4) is 0 Å². The third kappa shape index (κ3) is 4.29. The Kier molecular flexibility index (Phi) is 6.14. The van der Waals surface area contributed by atoms with Gasteiger partial charge in [-0.2, -0.15) is 0 Å². The molecule has 186 valence electrons. The largest absolute Gasteiger partial charge is 0.382 e. The predicted molar refractivity (Wildman–Crippen MR) is 144 cm³/mol. The van der Waals surface area contributed by atoms with Gasteiger partial charge in [0.25, 0.3) is 5.91 Å². The number of imidazole rings is 1. The number of nitrogens with two attached hydrogens (primary N) is 1. The fourth-order valence-electron chi connectivity index (χ4n) is 4.86. The van der Waals surface area contributed by atoms with Crippen LogP contribution >= 0.6 is 0 Å². The van der Waals surface area contributed by atoms with Crippen molar-refractivity contribution < 1.29 is 9.59 Å². The fourth-order valence-corrected chi connectivity index (χ4v) is 4.86. The van der Waals surface area contributed by atoms with Gasteiger partial charge in [-0.15, -0.1) is 0 Å². The van der Waals surface area contributed by atoms with Crippen molar-refractivity contribution in [1.82, 2.24) is 19.3 Å². The number of anilines is 2. The van der Waals surface area contributed by atoms with Gasteiger partial charge in [-0.3, -0.25) is 14.0 Å². The molecule has 1 amide bonds. The molecule has 1 fully saturated rings. The zero-order valence-electron chi connectivity index (χ0n) is 21.4. The lowest BCUT2D eigenvalue weighted by atomic mass is 9.93. The zero-order valence-corrected chi connectivity index (χ0v) is 21.4. The number of nitrogen functional groups attached to an aromatic ring is 1. The van der Waals surface area contributed by atoms with E-state index in [0.29, 0.717) is 53.9 Å². The van der Waals surface area contributed by atoms with Gasteiger partial charge < -0.3 is 15.5 Å². The van der Waals surface area contributed by atoms with Crippen molar-refractivity contribution in [3.05, 3.63) is 76.6 Å². The molecule has 1 aliphatic rings. The Morgan fingerprint density at radius 2 is 1.73 bits per heavy atom. The maximum Gasteiger partial charge on any atom is 0.299 e. The van der Waals surface area contributed by atoms with E-state index in [4.69, 9.17) is 10.7 Å². The quantitative estimate of drug-likeness (QED) is 0.344. The number of hydrogen-bond acceptors (Lipinski definition) is 6. The molecule has 1 aliphatic heterocycles. The first-order chi connectivity index (χ1) is 17.8. The number of amides is 1. The van der Waals surface area contributed by atoms with E-state index in [9.17, 15) is 9.59 Å². The number of aryl methyl sites for hydroxylation is 3. The monoisotopic (exact) mass is 492 g/mol. The number of rotatable bonds is 4. The molecule has 0 aliphatic carbocycles. The summed E-state index contributed by atoms with van der Waals surface area (Å²) in [4.78, 5) is 38.6. The molecule has 0 radical (unpaired) electrons. The molecule has 0 unspecified atom stereocenters. The van der Waals surface area contributed by atoms with Crippen molar-refractivity contribution in [2.75, 3.05) is 30.4 Å². The third-order valence-electron chi connectivity index (χ3n) is 6.72. The van der Waals surface area contributed by atoms with Crippen molar-refractivity contribution in [2.45, 2.75) is 27.7 Å². The van der Waals surface area contributed by atoms with Gasteiger partial charge in [0.15, 0.2) is 5.78 Å². The molecule has 0 saturated carbocycles. The summed E-state index contributed by atoms with van der Waals surface area (Å²) >= 11 is 0. The van der Waals surface area contributed by atoms with Gasteiger partial charge in [-0.05, 0) is 50.8 Å². The van der Waals surface area contributed by atoms with Gasteiger partial charge in [0.1, 0.15) is 17.0 Å². The predicted octanol–water partition coefficient (Wildman–Crippen LogP) is 3.76. The van der Waals surface area contributed by atoms with E-state index in [-0.39, 0.29) is 11.7 Å². The molecular formula is C29H28N6O2. The van der Waals surface area contributed by atoms with Crippen LogP contribution in [0.5, 0.6) is 0 Å². The number of carbonyl (C=O) groups excluding carboxylic acids is 2. The van der Waals surface area contributed by atoms with E-state index >= 15 is 0 Å². The van der Waals surface area contributed by atoms with E-state index in [2.05, 4.69) is 16.8 Å². The van der Waals surface area contributed by atoms with Crippen molar-refractivity contribution >= 4 is 29.0 Å². The van der Waals surface area contributed by atoms with Crippen LogP contribution in [0.15, 0.2) is 48.8 Å². The minimum Gasteiger partial charge on any atom is -0.382 e. The lowest BCUT2D eigenvalue weighted by Crippen LogP contribution is -2.30. The second kappa shape index (κ2) is 9.43. The second-order valence-corrected chi connectivity index (χ2v) is 9.32. The minimum absolute atomic E-state index is 0.00452. The number of nitrogens with zero attached hydrogens (tertiary/aromatic N) is 5. The normalized spacial score (nSPS) is 13.1. The number of fused-ring (bicyclic) bond motifs is 1. The van der Waals surface area contributed by atoms with Crippen molar-refractivity contribution in [3.8, 4) is 23.1 Å². The van der Waals surface area contributed by atoms with E-state index in [1.54, 1.807) is 18.0 Å². The Hall–Kier alpha value is -4.64. The van der Waals surface area contributed by atoms with Gasteiger partial charge in [-0.1, -0.05) is 41.8 Å². The van der Waals surface area contributed by atoms with Crippen LogP contribution < -0.4 is 10.6 Å². The van der Waals surface area contributed by atoms with Crippen LogP contribution in [-0.2, 0) is 4.79 Å². The molecule has 37 heavy (non-hydrogen) atoms. The van der Waals surface area contributed by atoms with E-state index in [0.717, 1.165) is 22.3 Å². The van der Waals surface area contributed by atoms with Crippen molar-refractivity contribution in [3.63, 3.8) is 0 Å². The molecule has 4 aromatic rings. The number of carbonyl (C=O) groups is 2. The van der Waals surface area contributed by atoms with Gasteiger partial charge in [0, 0.05) is 42.2 Å². The van der Waals surface area contributed by atoms with Gasteiger partial charge in [0.2, 0.25) is 5.95 Å². The van der Waals surface area contributed by atoms with Crippen LogP contribution in [0.2, 0.25) is 0 Å². The topological polar surface area (TPSA) is 96.8 Å².